The van der Waals surface area contributed by atoms with Crippen molar-refractivity contribution in [3.63, 3.8) is 0 Å². The molecule has 15 heavy (non-hydrogen) atoms. The molecule has 0 spiro atoms. The van der Waals surface area contributed by atoms with Crippen LogP contribution in [0.15, 0.2) is 0 Å². The molecule has 0 amide bonds. The Balaban J connectivity index is 1.71. The molecule has 2 nitrogen and oxygen atoms in total. The van der Waals surface area contributed by atoms with E-state index < -0.39 is 0 Å². The average Bonchev–Trinajstić information content (AvgIpc) is 2.79. The van der Waals surface area contributed by atoms with Gasteiger partial charge in [0.05, 0.1) is 6.10 Å². The molecular formula is C12H23NOS. The highest BCUT2D eigenvalue weighted by atomic mass is 32.2. The largest absolute Gasteiger partial charge is 0.377 e. The minimum absolute atomic E-state index is 0.495. The fraction of sp³-hybridized carbons (Fsp3) is 1.00. The predicted octanol–water partition coefficient (Wildman–Crippen LogP) is 2.43. The zero-order chi connectivity index (χ0) is 10.5. The van der Waals surface area contributed by atoms with Gasteiger partial charge in [0.2, 0.25) is 0 Å². The molecule has 0 bridgehead atoms. The van der Waals surface area contributed by atoms with E-state index in [9.17, 15) is 0 Å². The van der Waals surface area contributed by atoms with Crippen LogP contribution in [0.4, 0.5) is 0 Å². The van der Waals surface area contributed by atoms with E-state index in [0.29, 0.717) is 6.10 Å². The summed E-state index contributed by atoms with van der Waals surface area (Å²) in [6.07, 6.45) is 10.8. The van der Waals surface area contributed by atoms with E-state index in [-0.39, 0.29) is 0 Å². The second-order valence-electron chi connectivity index (χ2n) is 4.71. The third-order valence-electron chi connectivity index (χ3n) is 3.64. The first-order chi connectivity index (χ1) is 7.40. The number of hydrogen-bond acceptors (Lipinski definition) is 3. The molecule has 1 aliphatic heterocycles. The first-order valence-electron chi connectivity index (χ1n) is 6.28. The van der Waals surface area contributed by atoms with E-state index >= 15 is 0 Å². The van der Waals surface area contributed by atoms with E-state index in [2.05, 4.69) is 11.6 Å². The summed E-state index contributed by atoms with van der Waals surface area (Å²) in [6.45, 7) is 2.05. The highest BCUT2D eigenvalue weighted by Gasteiger charge is 2.25. The second kappa shape index (κ2) is 6.12. The first-order valence-corrected chi connectivity index (χ1v) is 7.56. The van der Waals surface area contributed by atoms with Gasteiger partial charge < -0.3 is 10.1 Å². The number of thioether (sulfide) groups is 1. The fourth-order valence-corrected chi connectivity index (χ4v) is 3.66. The van der Waals surface area contributed by atoms with Crippen molar-refractivity contribution in [2.24, 2.45) is 0 Å². The Labute approximate surface area is 97.5 Å². The van der Waals surface area contributed by atoms with Crippen molar-refractivity contribution in [3.05, 3.63) is 0 Å². The van der Waals surface area contributed by atoms with Gasteiger partial charge >= 0.3 is 0 Å². The van der Waals surface area contributed by atoms with E-state index in [1.807, 2.05) is 11.8 Å². The smallest absolute Gasteiger partial charge is 0.0700 e. The van der Waals surface area contributed by atoms with Gasteiger partial charge in [0, 0.05) is 24.4 Å². The lowest BCUT2D eigenvalue weighted by molar-refractivity contribution is 0.106. The van der Waals surface area contributed by atoms with Crippen LogP contribution in [-0.4, -0.2) is 36.8 Å². The van der Waals surface area contributed by atoms with Crippen molar-refractivity contribution in [3.8, 4) is 0 Å². The van der Waals surface area contributed by atoms with Crippen molar-refractivity contribution in [1.29, 1.82) is 0 Å². The van der Waals surface area contributed by atoms with E-state index in [0.717, 1.165) is 24.4 Å². The summed E-state index contributed by atoms with van der Waals surface area (Å²) in [7, 11) is 0. The fourth-order valence-electron chi connectivity index (χ4n) is 2.70. The monoisotopic (exact) mass is 229 g/mol. The maximum absolute atomic E-state index is 5.64. The molecule has 1 saturated carbocycles. The summed E-state index contributed by atoms with van der Waals surface area (Å²) in [5.74, 6) is 0. The molecule has 0 aromatic heterocycles. The molecule has 2 fully saturated rings. The molecule has 3 heteroatoms. The van der Waals surface area contributed by atoms with Gasteiger partial charge in [-0.1, -0.05) is 12.8 Å². The van der Waals surface area contributed by atoms with Gasteiger partial charge in [-0.15, -0.1) is 0 Å². The van der Waals surface area contributed by atoms with Crippen LogP contribution in [0.3, 0.4) is 0 Å². The van der Waals surface area contributed by atoms with Gasteiger partial charge in [-0.2, -0.15) is 11.8 Å². The van der Waals surface area contributed by atoms with Crippen LogP contribution in [0, 0.1) is 0 Å². The quantitative estimate of drug-likeness (QED) is 0.800. The van der Waals surface area contributed by atoms with Crippen LogP contribution in [0.5, 0.6) is 0 Å². The van der Waals surface area contributed by atoms with Gasteiger partial charge in [0.25, 0.3) is 0 Å². The highest BCUT2D eigenvalue weighted by molar-refractivity contribution is 7.99. The Kier molecular flexibility index (Phi) is 4.79. The zero-order valence-corrected chi connectivity index (χ0v) is 10.5. The third-order valence-corrected chi connectivity index (χ3v) is 4.81. The summed E-state index contributed by atoms with van der Waals surface area (Å²) in [6, 6.07) is 0.734. The third kappa shape index (κ3) is 3.36. The van der Waals surface area contributed by atoms with Crippen LogP contribution in [0.2, 0.25) is 0 Å². The Morgan fingerprint density at radius 2 is 2.07 bits per heavy atom. The lowest BCUT2D eigenvalue weighted by atomic mass is 9.94. The number of ether oxygens (including phenoxy) is 1. The predicted molar refractivity (Wildman–Crippen MR) is 66.5 cm³/mol. The van der Waals surface area contributed by atoms with E-state index in [1.54, 1.807) is 0 Å². The maximum atomic E-state index is 5.64. The molecule has 0 radical (unpaired) electrons. The van der Waals surface area contributed by atoms with Gasteiger partial charge in [0.1, 0.15) is 0 Å². The number of rotatable bonds is 4. The topological polar surface area (TPSA) is 21.3 Å². The van der Waals surface area contributed by atoms with Crippen molar-refractivity contribution < 1.29 is 4.74 Å². The molecule has 3 unspecified atom stereocenters. The maximum Gasteiger partial charge on any atom is 0.0700 e. The van der Waals surface area contributed by atoms with Crippen molar-refractivity contribution >= 4 is 11.8 Å². The SMILES string of the molecule is CSC1CCCCC1NCC1CCCO1. The Morgan fingerprint density at radius 1 is 1.20 bits per heavy atom. The zero-order valence-electron chi connectivity index (χ0n) is 9.71. The van der Waals surface area contributed by atoms with Gasteiger partial charge in [0.15, 0.2) is 0 Å². The Hall–Kier alpha value is 0.270. The minimum atomic E-state index is 0.495. The summed E-state index contributed by atoms with van der Waals surface area (Å²) in [5.41, 5.74) is 0. The molecule has 2 rings (SSSR count). The molecular weight excluding hydrogens is 206 g/mol. The second-order valence-corrected chi connectivity index (χ2v) is 5.79. The lowest BCUT2D eigenvalue weighted by Crippen LogP contribution is -2.43. The molecule has 0 aromatic rings. The molecule has 1 saturated heterocycles. The van der Waals surface area contributed by atoms with E-state index in [4.69, 9.17) is 4.74 Å². The Morgan fingerprint density at radius 3 is 2.80 bits per heavy atom. The average molecular weight is 229 g/mol. The summed E-state index contributed by atoms with van der Waals surface area (Å²) >= 11 is 2.03. The molecule has 1 heterocycles. The van der Waals surface area contributed by atoms with Crippen LogP contribution in [-0.2, 0) is 4.74 Å². The Bertz CT molecular complexity index is 182. The van der Waals surface area contributed by atoms with E-state index in [1.165, 1.54) is 38.5 Å². The van der Waals surface area contributed by atoms with Gasteiger partial charge in [-0.25, -0.2) is 0 Å². The minimum Gasteiger partial charge on any atom is -0.377 e. The van der Waals surface area contributed by atoms with Crippen LogP contribution >= 0.6 is 11.8 Å². The summed E-state index contributed by atoms with van der Waals surface area (Å²) in [4.78, 5) is 0. The summed E-state index contributed by atoms with van der Waals surface area (Å²) in [5, 5.41) is 4.55. The molecule has 2 aliphatic rings. The molecule has 1 N–H and O–H groups in total. The van der Waals surface area contributed by atoms with Gasteiger partial charge in [-0.05, 0) is 31.9 Å². The molecule has 0 aromatic carbocycles. The highest BCUT2D eigenvalue weighted by Crippen LogP contribution is 2.27. The molecule has 1 aliphatic carbocycles. The van der Waals surface area contributed by atoms with Crippen molar-refractivity contribution in [1.82, 2.24) is 5.32 Å². The van der Waals surface area contributed by atoms with Crippen molar-refractivity contribution in [2.75, 3.05) is 19.4 Å². The summed E-state index contributed by atoms with van der Waals surface area (Å²) < 4.78 is 5.64. The number of hydrogen-bond donors (Lipinski definition) is 1. The lowest BCUT2D eigenvalue weighted by Gasteiger charge is -2.31. The van der Waals surface area contributed by atoms with Crippen LogP contribution < -0.4 is 5.32 Å². The molecule has 88 valence electrons. The van der Waals surface area contributed by atoms with Crippen molar-refractivity contribution in [2.45, 2.75) is 55.9 Å². The normalized spacial score (nSPS) is 37.0. The van der Waals surface area contributed by atoms with Crippen LogP contribution in [0.25, 0.3) is 0 Å². The van der Waals surface area contributed by atoms with Crippen LogP contribution in [0.1, 0.15) is 38.5 Å². The standard InChI is InChI=1S/C12H23NOS/c1-15-12-7-3-2-6-11(12)13-9-10-5-4-8-14-10/h10-13H,2-9H2,1H3. The molecule has 3 atom stereocenters. The number of nitrogens with one attached hydrogen (secondary N) is 1. The first kappa shape index (κ1) is 11.7. The van der Waals surface area contributed by atoms with Gasteiger partial charge in [-0.3, -0.25) is 0 Å².